The van der Waals surface area contributed by atoms with E-state index in [4.69, 9.17) is 4.74 Å². The largest absolute Gasteiger partial charge is 0.468 e. The fourth-order valence-electron chi connectivity index (χ4n) is 1.73. The van der Waals surface area contributed by atoms with Crippen molar-refractivity contribution in [3.05, 3.63) is 59.3 Å². The van der Waals surface area contributed by atoms with Crippen LogP contribution in [0.15, 0.2) is 41.6 Å². The van der Waals surface area contributed by atoms with Crippen LogP contribution in [-0.4, -0.2) is 18.1 Å². The van der Waals surface area contributed by atoms with Crippen LogP contribution in [0.25, 0.3) is 0 Å². The number of aromatic nitrogens is 1. The van der Waals surface area contributed by atoms with Crippen LogP contribution in [0.1, 0.15) is 16.4 Å². The van der Waals surface area contributed by atoms with Gasteiger partial charge in [0.15, 0.2) is 0 Å². The molecule has 0 aliphatic heterocycles. The zero-order chi connectivity index (χ0) is 15.4. The maximum absolute atomic E-state index is 13.3. The Morgan fingerprint density at radius 2 is 1.90 bits per heavy atom. The van der Waals surface area contributed by atoms with Crippen LogP contribution in [0, 0.1) is 18.6 Å². The number of carbonyl (C=O) groups excluding carboxylic acids is 1. The van der Waals surface area contributed by atoms with E-state index in [2.05, 4.69) is 4.98 Å². The Kier molecular flexibility index (Phi) is 4.90. The number of pyridine rings is 1. The van der Waals surface area contributed by atoms with Crippen molar-refractivity contribution in [1.82, 2.24) is 4.98 Å². The lowest BCUT2D eigenvalue weighted by Gasteiger charge is -2.14. The Hall–Kier alpha value is -1.95. The molecule has 0 bridgehead atoms. The summed E-state index contributed by atoms with van der Waals surface area (Å²) in [6.07, 6.45) is 1.66. The predicted molar refractivity (Wildman–Crippen MR) is 75.9 cm³/mol. The molecule has 21 heavy (non-hydrogen) atoms. The first-order chi connectivity index (χ1) is 9.99. The number of halogens is 2. The number of rotatable bonds is 4. The van der Waals surface area contributed by atoms with Gasteiger partial charge in [0.1, 0.15) is 16.9 Å². The van der Waals surface area contributed by atoms with Gasteiger partial charge >= 0.3 is 5.97 Å². The molecule has 1 atom stereocenters. The third-order valence-corrected chi connectivity index (χ3v) is 3.91. The van der Waals surface area contributed by atoms with Gasteiger partial charge in [-0.25, -0.2) is 13.8 Å². The molecular formula is C15H13F2NO2S. The third-order valence-electron chi connectivity index (χ3n) is 2.73. The molecule has 1 heterocycles. The van der Waals surface area contributed by atoms with Crippen molar-refractivity contribution in [2.75, 3.05) is 7.11 Å². The molecular weight excluding hydrogens is 296 g/mol. The molecule has 6 heteroatoms. The molecule has 2 rings (SSSR count). The minimum Gasteiger partial charge on any atom is -0.468 e. The quantitative estimate of drug-likeness (QED) is 0.638. The molecule has 110 valence electrons. The summed E-state index contributed by atoms with van der Waals surface area (Å²) >= 11 is 1.08. The number of hydrogen-bond donors (Lipinski definition) is 0. The van der Waals surface area contributed by atoms with Crippen molar-refractivity contribution < 1.29 is 18.3 Å². The van der Waals surface area contributed by atoms with Crippen molar-refractivity contribution in [1.29, 1.82) is 0 Å². The average molecular weight is 309 g/mol. The topological polar surface area (TPSA) is 39.2 Å². The number of methoxy groups -OCH3 is 1. The molecule has 0 N–H and O–H groups in total. The molecule has 0 saturated carbocycles. The highest BCUT2D eigenvalue weighted by Gasteiger charge is 2.24. The molecule has 3 nitrogen and oxygen atoms in total. The van der Waals surface area contributed by atoms with E-state index in [1.54, 1.807) is 12.3 Å². The number of carbonyl (C=O) groups is 1. The van der Waals surface area contributed by atoms with E-state index in [0.717, 1.165) is 35.5 Å². The van der Waals surface area contributed by atoms with Gasteiger partial charge in [0.05, 0.1) is 12.1 Å². The fourth-order valence-corrected chi connectivity index (χ4v) is 2.70. The summed E-state index contributed by atoms with van der Waals surface area (Å²) in [4.78, 5) is 16.1. The van der Waals surface area contributed by atoms with Gasteiger partial charge in [0.2, 0.25) is 0 Å². The Balaban J connectivity index is 2.34. The minimum atomic E-state index is -0.879. The summed E-state index contributed by atoms with van der Waals surface area (Å²) in [6, 6.07) is 6.58. The zero-order valence-electron chi connectivity index (χ0n) is 11.5. The molecule has 0 radical (unpaired) electrons. The smallest absolute Gasteiger partial charge is 0.323 e. The van der Waals surface area contributed by atoms with E-state index in [1.807, 2.05) is 13.0 Å². The van der Waals surface area contributed by atoms with Crippen molar-refractivity contribution >= 4 is 17.7 Å². The molecule has 0 fully saturated rings. The first-order valence-electron chi connectivity index (χ1n) is 6.12. The lowest BCUT2D eigenvalue weighted by atomic mass is 10.1. The highest BCUT2D eigenvalue weighted by atomic mass is 32.2. The summed E-state index contributed by atoms with van der Waals surface area (Å²) in [7, 11) is 1.23. The minimum absolute atomic E-state index is 0.201. The number of ether oxygens (including phenoxy) is 1. The van der Waals surface area contributed by atoms with Gasteiger partial charge in [0, 0.05) is 12.3 Å². The van der Waals surface area contributed by atoms with E-state index in [0.29, 0.717) is 5.03 Å². The SMILES string of the molecule is COC(=O)C(Sc1ccc(C)cn1)c1cc(F)cc(F)c1. The highest BCUT2D eigenvalue weighted by Crippen LogP contribution is 2.35. The average Bonchev–Trinajstić information content (AvgIpc) is 2.44. The second-order valence-corrected chi connectivity index (χ2v) is 5.52. The molecule has 0 spiro atoms. The van der Waals surface area contributed by atoms with Gasteiger partial charge < -0.3 is 4.74 Å². The van der Waals surface area contributed by atoms with Crippen LogP contribution >= 0.6 is 11.8 Å². The number of hydrogen-bond acceptors (Lipinski definition) is 4. The Labute approximate surface area is 125 Å². The van der Waals surface area contributed by atoms with Crippen LogP contribution in [0.5, 0.6) is 0 Å². The predicted octanol–water partition coefficient (Wildman–Crippen LogP) is 3.67. The van der Waals surface area contributed by atoms with Gasteiger partial charge in [-0.3, -0.25) is 4.79 Å². The van der Waals surface area contributed by atoms with Gasteiger partial charge in [-0.15, -0.1) is 0 Å². The summed E-state index contributed by atoms with van der Waals surface area (Å²) in [5, 5.41) is -0.309. The summed E-state index contributed by atoms with van der Waals surface area (Å²) in [5.41, 5.74) is 1.18. The molecule has 1 unspecified atom stereocenters. The van der Waals surface area contributed by atoms with Crippen molar-refractivity contribution in [3.8, 4) is 0 Å². The van der Waals surface area contributed by atoms with E-state index >= 15 is 0 Å². The molecule has 1 aromatic carbocycles. The Morgan fingerprint density at radius 3 is 2.43 bits per heavy atom. The first-order valence-corrected chi connectivity index (χ1v) is 7.00. The van der Waals surface area contributed by atoms with E-state index in [1.165, 1.54) is 7.11 Å². The van der Waals surface area contributed by atoms with E-state index in [9.17, 15) is 13.6 Å². The van der Waals surface area contributed by atoms with Gasteiger partial charge in [-0.2, -0.15) is 0 Å². The monoisotopic (exact) mass is 309 g/mol. The Morgan fingerprint density at radius 1 is 1.24 bits per heavy atom. The van der Waals surface area contributed by atoms with Crippen molar-refractivity contribution in [2.45, 2.75) is 17.2 Å². The van der Waals surface area contributed by atoms with Gasteiger partial charge in [0.25, 0.3) is 0 Å². The fraction of sp³-hybridized carbons (Fsp3) is 0.200. The summed E-state index contributed by atoms with van der Waals surface area (Å²) in [5.74, 6) is -2.07. The molecule has 0 aliphatic rings. The van der Waals surface area contributed by atoms with Crippen LogP contribution in [0.3, 0.4) is 0 Å². The van der Waals surface area contributed by atoms with Crippen LogP contribution in [-0.2, 0) is 9.53 Å². The maximum Gasteiger partial charge on any atom is 0.323 e. The maximum atomic E-state index is 13.3. The molecule has 0 aliphatic carbocycles. The second-order valence-electron chi connectivity index (χ2n) is 4.40. The number of esters is 1. The lowest BCUT2D eigenvalue weighted by Crippen LogP contribution is -2.12. The van der Waals surface area contributed by atoms with Crippen molar-refractivity contribution in [3.63, 3.8) is 0 Å². The van der Waals surface area contributed by atoms with Crippen LogP contribution < -0.4 is 0 Å². The van der Waals surface area contributed by atoms with Crippen LogP contribution in [0.4, 0.5) is 8.78 Å². The number of benzene rings is 1. The highest BCUT2D eigenvalue weighted by molar-refractivity contribution is 8.00. The van der Waals surface area contributed by atoms with E-state index in [-0.39, 0.29) is 5.56 Å². The standard InChI is InChI=1S/C15H13F2NO2S/c1-9-3-4-13(18-8-9)21-14(15(19)20-2)10-5-11(16)7-12(17)6-10/h3-8,14H,1-2H3. The van der Waals surface area contributed by atoms with E-state index < -0.39 is 22.9 Å². The summed E-state index contributed by atoms with van der Waals surface area (Å²) in [6.45, 7) is 1.89. The van der Waals surface area contributed by atoms with Crippen molar-refractivity contribution in [2.24, 2.45) is 0 Å². The number of thioether (sulfide) groups is 1. The van der Waals surface area contributed by atoms with Gasteiger partial charge in [-0.1, -0.05) is 17.8 Å². The number of aryl methyl sites for hydroxylation is 1. The third kappa shape index (κ3) is 4.01. The normalized spacial score (nSPS) is 12.0. The Bertz CT molecular complexity index is 626. The number of nitrogens with zero attached hydrogens (tertiary/aromatic N) is 1. The lowest BCUT2D eigenvalue weighted by molar-refractivity contribution is -0.140. The molecule has 0 amide bonds. The van der Waals surface area contributed by atoms with Crippen LogP contribution in [0.2, 0.25) is 0 Å². The van der Waals surface area contributed by atoms with Gasteiger partial charge in [-0.05, 0) is 36.2 Å². The molecule has 1 aromatic heterocycles. The second kappa shape index (κ2) is 6.67. The molecule has 0 saturated heterocycles. The zero-order valence-corrected chi connectivity index (χ0v) is 12.3. The first kappa shape index (κ1) is 15.4. The molecule has 2 aromatic rings. The summed E-state index contributed by atoms with van der Waals surface area (Å²) < 4.78 is 31.4.